The summed E-state index contributed by atoms with van der Waals surface area (Å²) in [6, 6.07) is 53.3. The third-order valence-corrected chi connectivity index (χ3v) is 9.16. The molecule has 0 saturated heterocycles. The van der Waals surface area contributed by atoms with Crippen LogP contribution in [0.2, 0.25) is 0 Å². The van der Waals surface area contributed by atoms with Gasteiger partial charge in [0.25, 0.3) is 0 Å². The largest absolute Gasteiger partial charge is 0.456 e. The number of nitriles is 2. The lowest BCUT2D eigenvalue weighted by atomic mass is 9.88. The van der Waals surface area contributed by atoms with Crippen LogP contribution in [0.25, 0.3) is 88.4 Å². The Balaban J connectivity index is 1.30. The Labute approximate surface area is 275 Å². The van der Waals surface area contributed by atoms with Crippen molar-refractivity contribution in [2.45, 2.75) is 0 Å². The third kappa shape index (κ3) is 4.29. The van der Waals surface area contributed by atoms with Crippen molar-refractivity contribution in [1.82, 2.24) is 0 Å². The fourth-order valence-electron chi connectivity index (χ4n) is 6.97. The van der Waals surface area contributed by atoms with Crippen molar-refractivity contribution < 1.29 is 8.83 Å². The highest BCUT2D eigenvalue weighted by Crippen LogP contribution is 2.44. The van der Waals surface area contributed by atoms with Gasteiger partial charge >= 0.3 is 0 Å². The molecule has 0 N–H and O–H groups in total. The van der Waals surface area contributed by atoms with Crippen molar-refractivity contribution in [3.63, 3.8) is 0 Å². The van der Waals surface area contributed by atoms with E-state index in [0.717, 1.165) is 88.4 Å². The minimum absolute atomic E-state index is 0.587. The second-order valence-corrected chi connectivity index (χ2v) is 11.9. The van der Waals surface area contributed by atoms with Crippen LogP contribution in [0.15, 0.2) is 154 Å². The second-order valence-electron chi connectivity index (χ2n) is 11.9. The standard InChI is InChI=1S/C44H24N2O2/c45-25-27-17-19-39-36(21-27)43-32(13-7-15-41(43)47-39)33-14-8-16-42-44(33)37-22-30(18-20-40(37)48-42)31-23-34(28-9-3-1-4-10-28)38(26-46)35(24-31)29-11-5-2-6-12-29/h1-24H. The van der Waals surface area contributed by atoms with Crippen molar-refractivity contribution in [3.8, 4) is 56.6 Å². The van der Waals surface area contributed by atoms with Crippen molar-refractivity contribution >= 4 is 43.9 Å². The van der Waals surface area contributed by atoms with E-state index >= 15 is 0 Å². The van der Waals surface area contributed by atoms with Crippen LogP contribution in [0.3, 0.4) is 0 Å². The van der Waals surface area contributed by atoms with Crippen molar-refractivity contribution in [1.29, 1.82) is 10.5 Å². The van der Waals surface area contributed by atoms with Crippen LogP contribution >= 0.6 is 0 Å². The summed E-state index contributed by atoms with van der Waals surface area (Å²) >= 11 is 0. The highest BCUT2D eigenvalue weighted by Gasteiger charge is 2.20. The first-order valence-corrected chi connectivity index (χ1v) is 15.7. The molecule has 0 bridgehead atoms. The molecule has 0 atom stereocenters. The maximum Gasteiger partial charge on any atom is 0.136 e. The molecule has 7 aromatic carbocycles. The zero-order valence-corrected chi connectivity index (χ0v) is 25.6. The lowest BCUT2D eigenvalue weighted by molar-refractivity contribution is 0.668. The van der Waals surface area contributed by atoms with Crippen LogP contribution in [0.5, 0.6) is 0 Å². The molecule has 0 radical (unpaired) electrons. The average molecular weight is 613 g/mol. The third-order valence-electron chi connectivity index (χ3n) is 9.16. The molecule has 0 aliphatic carbocycles. The van der Waals surface area contributed by atoms with E-state index in [1.165, 1.54) is 0 Å². The van der Waals surface area contributed by atoms with Gasteiger partial charge in [-0.3, -0.25) is 0 Å². The van der Waals surface area contributed by atoms with Gasteiger partial charge in [-0.25, -0.2) is 0 Å². The van der Waals surface area contributed by atoms with Crippen molar-refractivity contribution in [2.75, 3.05) is 0 Å². The fraction of sp³-hybridized carbons (Fsp3) is 0. The summed E-state index contributed by atoms with van der Waals surface area (Å²) in [6.07, 6.45) is 0. The topological polar surface area (TPSA) is 73.9 Å². The Hall–Kier alpha value is -6.88. The van der Waals surface area contributed by atoms with Gasteiger partial charge in [0.05, 0.1) is 17.2 Å². The van der Waals surface area contributed by atoms with Crippen LogP contribution in [0.1, 0.15) is 11.1 Å². The molecule has 4 nitrogen and oxygen atoms in total. The van der Waals surface area contributed by atoms with Crippen molar-refractivity contribution in [3.05, 3.63) is 157 Å². The van der Waals surface area contributed by atoms with E-state index in [0.29, 0.717) is 11.1 Å². The monoisotopic (exact) mass is 612 g/mol. The molecule has 0 aliphatic rings. The molecular weight excluding hydrogens is 588 g/mol. The molecule has 0 saturated carbocycles. The van der Waals surface area contributed by atoms with Crippen LogP contribution in [0.4, 0.5) is 0 Å². The number of rotatable bonds is 4. The lowest BCUT2D eigenvalue weighted by Crippen LogP contribution is -1.92. The van der Waals surface area contributed by atoms with Gasteiger partial charge in [-0.1, -0.05) is 91.0 Å². The fourth-order valence-corrected chi connectivity index (χ4v) is 6.97. The Bertz CT molecular complexity index is 2730. The summed E-state index contributed by atoms with van der Waals surface area (Å²) in [4.78, 5) is 0. The van der Waals surface area contributed by atoms with Crippen LogP contribution in [-0.2, 0) is 0 Å². The number of fused-ring (bicyclic) bond motifs is 6. The first kappa shape index (κ1) is 27.4. The maximum absolute atomic E-state index is 10.4. The van der Waals surface area contributed by atoms with Gasteiger partial charge in [-0.05, 0) is 88.0 Å². The number of nitrogens with zero attached hydrogens (tertiary/aromatic N) is 2. The van der Waals surface area contributed by atoms with E-state index in [4.69, 9.17) is 8.83 Å². The predicted octanol–water partition coefficient (Wildman–Crippen LogP) is 11.9. The van der Waals surface area contributed by atoms with E-state index in [1.807, 2.05) is 103 Å². The maximum atomic E-state index is 10.4. The number of furan rings is 2. The average Bonchev–Trinajstić information content (AvgIpc) is 3.72. The van der Waals surface area contributed by atoms with Gasteiger partial charge in [-0.15, -0.1) is 0 Å². The summed E-state index contributed by atoms with van der Waals surface area (Å²) in [7, 11) is 0. The number of hydrogen-bond acceptors (Lipinski definition) is 4. The summed E-state index contributed by atoms with van der Waals surface area (Å²) in [6.45, 7) is 0. The molecule has 222 valence electrons. The molecule has 9 rings (SSSR count). The van der Waals surface area contributed by atoms with Crippen LogP contribution in [-0.4, -0.2) is 0 Å². The normalized spacial score (nSPS) is 11.3. The molecule has 0 amide bonds. The van der Waals surface area contributed by atoms with Gasteiger partial charge in [-0.2, -0.15) is 10.5 Å². The summed E-state index contributed by atoms with van der Waals surface area (Å²) in [5.74, 6) is 0. The predicted molar refractivity (Wildman–Crippen MR) is 192 cm³/mol. The Morgan fingerprint density at radius 1 is 0.375 bits per heavy atom. The molecule has 9 aromatic rings. The van der Waals surface area contributed by atoms with Gasteiger partial charge in [0.2, 0.25) is 0 Å². The second kappa shape index (κ2) is 10.9. The first-order chi connectivity index (χ1) is 23.7. The van der Waals surface area contributed by atoms with Crippen molar-refractivity contribution in [2.24, 2.45) is 0 Å². The van der Waals surface area contributed by atoms with Gasteiger partial charge in [0.1, 0.15) is 28.4 Å². The summed E-state index contributed by atoms with van der Waals surface area (Å²) < 4.78 is 12.7. The van der Waals surface area contributed by atoms with Gasteiger partial charge < -0.3 is 8.83 Å². The van der Waals surface area contributed by atoms with E-state index < -0.39 is 0 Å². The molecule has 0 unspecified atom stereocenters. The Kier molecular flexibility index (Phi) is 6.22. The van der Waals surface area contributed by atoms with Gasteiger partial charge in [0, 0.05) is 32.7 Å². The molecule has 4 heteroatoms. The lowest BCUT2D eigenvalue weighted by Gasteiger charge is -2.14. The quantitative estimate of drug-likeness (QED) is 0.198. The zero-order chi connectivity index (χ0) is 32.2. The molecule has 2 aromatic heterocycles. The number of hydrogen-bond donors (Lipinski definition) is 0. The SMILES string of the molecule is N#Cc1ccc2oc3cccc(-c4cccc5oc6ccc(-c7cc(-c8ccccc8)c(C#N)c(-c8ccccc8)c7)cc6c45)c3c2c1. The highest BCUT2D eigenvalue weighted by atomic mass is 16.3. The van der Waals surface area contributed by atoms with Crippen LogP contribution in [0, 0.1) is 22.7 Å². The van der Waals surface area contributed by atoms with Crippen LogP contribution < -0.4 is 0 Å². The van der Waals surface area contributed by atoms with E-state index in [-0.39, 0.29) is 0 Å². The molecule has 2 heterocycles. The first-order valence-electron chi connectivity index (χ1n) is 15.7. The number of benzene rings is 7. The van der Waals surface area contributed by atoms with E-state index in [2.05, 4.69) is 48.5 Å². The minimum Gasteiger partial charge on any atom is -0.456 e. The minimum atomic E-state index is 0.587. The van der Waals surface area contributed by atoms with E-state index in [1.54, 1.807) is 6.07 Å². The highest BCUT2D eigenvalue weighted by molar-refractivity contribution is 6.19. The van der Waals surface area contributed by atoms with Gasteiger partial charge in [0.15, 0.2) is 0 Å². The molecule has 48 heavy (non-hydrogen) atoms. The molecule has 0 fully saturated rings. The smallest absolute Gasteiger partial charge is 0.136 e. The Morgan fingerprint density at radius 2 is 0.917 bits per heavy atom. The Morgan fingerprint density at radius 3 is 1.46 bits per heavy atom. The molecule has 0 spiro atoms. The summed E-state index contributed by atoms with van der Waals surface area (Å²) in [5.41, 5.74) is 12.1. The molecular formula is C44H24N2O2. The van der Waals surface area contributed by atoms with E-state index in [9.17, 15) is 10.5 Å². The summed E-state index contributed by atoms with van der Waals surface area (Å²) in [5, 5.41) is 23.9. The zero-order valence-electron chi connectivity index (χ0n) is 25.6. The molecule has 0 aliphatic heterocycles.